The van der Waals surface area contributed by atoms with Crippen molar-refractivity contribution in [3.05, 3.63) is 63.1 Å². The molecule has 3 heterocycles. The summed E-state index contributed by atoms with van der Waals surface area (Å²) in [6.45, 7) is 7.14. The second kappa shape index (κ2) is 9.49. The molecule has 1 amide bonds. The number of pyridine rings is 1. The largest absolute Gasteiger partial charge is 0.470 e. The lowest BCUT2D eigenvalue weighted by Crippen LogP contribution is -2.48. The van der Waals surface area contributed by atoms with Gasteiger partial charge < -0.3 is 19.4 Å². The molecule has 4 rings (SSSR count). The lowest BCUT2D eigenvalue weighted by atomic mass is 9.98. The number of benzene rings is 1. The van der Waals surface area contributed by atoms with Crippen molar-refractivity contribution in [3.63, 3.8) is 0 Å². The third-order valence-electron chi connectivity index (χ3n) is 5.79. The first-order valence-corrected chi connectivity index (χ1v) is 11.2. The Labute approximate surface area is 203 Å². The SMILES string of the molecule is Cc1nc2cc(C(F)(F)F)c([C@H](C)Oc3ccc(C(=O)N4C[C@@H](C)O[C@@H](C)C4)cn3)c(F)c2c(=O)[nH]1. The average molecular weight is 508 g/mol. The predicted octanol–water partition coefficient (Wildman–Crippen LogP) is 4.17. The number of alkyl halides is 3. The molecule has 1 N–H and O–H groups in total. The highest BCUT2D eigenvalue weighted by molar-refractivity contribution is 5.94. The van der Waals surface area contributed by atoms with E-state index in [4.69, 9.17) is 9.47 Å². The predicted molar refractivity (Wildman–Crippen MR) is 121 cm³/mol. The normalized spacial score (nSPS) is 19.4. The molecule has 192 valence electrons. The van der Waals surface area contributed by atoms with E-state index in [0.717, 1.165) is 0 Å². The summed E-state index contributed by atoms with van der Waals surface area (Å²) in [7, 11) is 0. The number of aromatic amines is 1. The molecule has 0 saturated carbocycles. The Bertz CT molecular complexity index is 1350. The maximum Gasteiger partial charge on any atom is 0.416 e. The number of fused-ring (bicyclic) bond motifs is 1. The van der Waals surface area contributed by atoms with Crippen LogP contribution in [0.15, 0.2) is 29.2 Å². The van der Waals surface area contributed by atoms with Crippen molar-refractivity contribution < 1.29 is 31.8 Å². The number of nitrogens with one attached hydrogen (secondary N) is 1. The summed E-state index contributed by atoms with van der Waals surface area (Å²) >= 11 is 0. The highest BCUT2D eigenvalue weighted by atomic mass is 19.4. The minimum atomic E-state index is -4.93. The van der Waals surface area contributed by atoms with E-state index < -0.39 is 45.7 Å². The highest BCUT2D eigenvalue weighted by Crippen LogP contribution is 2.39. The monoisotopic (exact) mass is 508 g/mol. The van der Waals surface area contributed by atoms with Gasteiger partial charge in [-0.25, -0.2) is 14.4 Å². The third-order valence-corrected chi connectivity index (χ3v) is 5.79. The fourth-order valence-electron chi connectivity index (χ4n) is 4.37. The number of carbonyl (C=O) groups is 1. The van der Waals surface area contributed by atoms with Gasteiger partial charge >= 0.3 is 6.18 Å². The molecule has 0 aliphatic carbocycles. The van der Waals surface area contributed by atoms with Gasteiger partial charge in [0, 0.05) is 30.9 Å². The number of morpholine rings is 1. The van der Waals surface area contributed by atoms with Gasteiger partial charge in [-0.05, 0) is 39.8 Å². The summed E-state index contributed by atoms with van der Waals surface area (Å²) in [6, 6.07) is 3.39. The third kappa shape index (κ3) is 5.03. The Morgan fingerprint density at radius 1 is 1.25 bits per heavy atom. The maximum atomic E-state index is 15.3. The van der Waals surface area contributed by atoms with Crippen molar-refractivity contribution >= 4 is 16.8 Å². The van der Waals surface area contributed by atoms with Crippen molar-refractivity contribution in [2.45, 2.75) is 52.2 Å². The van der Waals surface area contributed by atoms with Crippen LogP contribution in [-0.2, 0) is 10.9 Å². The Morgan fingerprint density at radius 3 is 2.50 bits per heavy atom. The van der Waals surface area contributed by atoms with E-state index in [9.17, 15) is 22.8 Å². The summed E-state index contributed by atoms with van der Waals surface area (Å²) in [5, 5.41) is -0.595. The Kier molecular flexibility index (Phi) is 6.74. The van der Waals surface area contributed by atoms with Crippen LogP contribution in [0.2, 0.25) is 0 Å². The molecular formula is C24H24F4N4O4. The van der Waals surface area contributed by atoms with Gasteiger partial charge in [0.15, 0.2) is 0 Å². The van der Waals surface area contributed by atoms with Crippen LogP contribution in [-0.4, -0.2) is 51.1 Å². The number of hydrogen-bond acceptors (Lipinski definition) is 6. The zero-order chi connectivity index (χ0) is 26.4. The van der Waals surface area contributed by atoms with Crippen LogP contribution in [0.3, 0.4) is 0 Å². The minimum absolute atomic E-state index is 0.0527. The van der Waals surface area contributed by atoms with Crippen molar-refractivity contribution in [1.29, 1.82) is 0 Å². The summed E-state index contributed by atoms with van der Waals surface area (Å²) in [5.74, 6) is -1.71. The van der Waals surface area contributed by atoms with Crippen LogP contribution in [0.5, 0.6) is 5.88 Å². The fourth-order valence-corrected chi connectivity index (χ4v) is 4.37. The molecule has 2 aromatic heterocycles. The summed E-state index contributed by atoms with van der Waals surface area (Å²) < 4.78 is 67.9. The van der Waals surface area contributed by atoms with Gasteiger partial charge in [-0.15, -0.1) is 0 Å². The molecule has 0 bridgehead atoms. The number of nitrogens with zero attached hydrogens (tertiary/aromatic N) is 3. The number of H-pyrrole nitrogens is 1. The second-order valence-electron chi connectivity index (χ2n) is 8.81. The van der Waals surface area contributed by atoms with E-state index in [-0.39, 0.29) is 35.4 Å². The number of aryl methyl sites for hydroxylation is 1. The first kappa shape index (κ1) is 25.5. The molecule has 1 aliphatic heterocycles. The van der Waals surface area contributed by atoms with Gasteiger partial charge in [0.2, 0.25) is 5.88 Å². The highest BCUT2D eigenvalue weighted by Gasteiger charge is 2.38. The quantitative estimate of drug-likeness (QED) is 0.532. The number of hydrogen-bond donors (Lipinski definition) is 1. The molecule has 3 aromatic rings. The number of carbonyl (C=O) groups excluding carboxylic acids is 1. The number of ether oxygens (including phenoxy) is 2. The lowest BCUT2D eigenvalue weighted by Gasteiger charge is -2.35. The van der Waals surface area contributed by atoms with Gasteiger partial charge in [0.05, 0.1) is 28.9 Å². The topological polar surface area (TPSA) is 97.4 Å². The number of aromatic nitrogens is 3. The molecule has 1 aliphatic rings. The van der Waals surface area contributed by atoms with Crippen LogP contribution in [0.25, 0.3) is 10.9 Å². The van der Waals surface area contributed by atoms with E-state index in [1.54, 1.807) is 4.90 Å². The van der Waals surface area contributed by atoms with Crippen molar-refractivity contribution in [2.75, 3.05) is 13.1 Å². The molecule has 1 aromatic carbocycles. The summed E-state index contributed by atoms with van der Waals surface area (Å²) in [4.78, 5) is 36.9. The van der Waals surface area contributed by atoms with E-state index >= 15 is 4.39 Å². The summed E-state index contributed by atoms with van der Waals surface area (Å²) in [6.07, 6.45) is -5.41. The van der Waals surface area contributed by atoms with Gasteiger partial charge in [0.25, 0.3) is 11.5 Å². The van der Waals surface area contributed by atoms with Crippen molar-refractivity contribution in [3.8, 4) is 5.88 Å². The fraction of sp³-hybridized carbons (Fsp3) is 0.417. The van der Waals surface area contributed by atoms with Crippen LogP contribution >= 0.6 is 0 Å². The van der Waals surface area contributed by atoms with Crippen molar-refractivity contribution in [2.24, 2.45) is 0 Å². The van der Waals surface area contributed by atoms with Crippen molar-refractivity contribution in [1.82, 2.24) is 19.9 Å². The molecule has 1 saturated heterocycles. The molecule has 36 heavy (non-hydrogen) atoms. The van der Waals surface area contributed by atoms with Crippen LogP contribution in [0.4, 0.5) is 17.6 Å². The first-order chi connectivity index (χ1) is 16.8. The molecular weight excluding hydrogens is 484 g/mol. The summed E-state index contributed by atoms with van der Waals surface area (Å²) in [5.41, 5.74) is -3.20. The lowest BCUT2D eigenvalue weighted by molar-refractivity contribution is -0.139. The Balaban J connectivity index is 1.63. The Hall–Kier alpha value is -3.54. The van der Waals surface area contributed by atoms with E-state index in [1.807, 2.05) is 13.8 Å². The number of amides is 1. The van der Waals surface area contributed by atoms with Crippen LogP contribution in [0.1, 0.15) is 54.2 Å². The Morgan fingerprint density at radius 2 is 1.92 bits per heavy atom. The molecule has 12 heteroatoms. The van der Waals surface area contributed by atoms with Crippen LogP contribution in [0, 0.1) is 12.7 Å². The zero-order valence-corrected chi connectivity index (χ0v) is 19.9. The molecule has 8 nitrogen and oxygen atoms in total. The molecule has 1 fully saturated rings. The van der Waals surface area contributed by atoms with E-state index in [0.29, 0.717) is 19.2 Å². The smallest absolute Gasteiger partial charge is 0.416 e. The number of halogens is 4. The number of rotatable bonds is 4. The molecule has 3 atom stereocenters. The minimum Gasteiger partial charge on any atom is -0.470 e. The van der Waals surface area contributed by atoms with E-state index in [2.05, 4.69) is 15.0 Å². The second-order valence-corrected chi connectivity index (χ2v) is 8.81. The average Bonchev–Trinajstić information content (AvgIpc) is 2.77. The van der Waals surface area contributed by atoms with Gasteiger partial charge in [-0.1, -0.05) is 0 Å². The van der Waals surface area contributed by atoms with E-state index in [1.165, 1.54) is 32.2 Å². The van der Waals surface area contributed by atoms with Gasteiger partial charge in [0.1, 0.15) is 23.1 Å². The first-order valence-electron chi connectivity index (χ1n) is 11.2. The van der Waals surface area contributed by atoms with Crippen LogP contribution < -0.4 is 10.3 Å². The van der Waals surface area contributed by atoms with Gasteiger partial charge in [-0.2, -0.15) is 13.2 Å². The maximum absolute atomic E-state index is 15.3. The van der Waals surface area contributed by atoms with Gasteiger partial charge in [-0.3, -0.25) is 9.59 Å². The molecule has 0 unspecified atom stereocenters. The standard InChI is InChI=1S/C24H24F4N4O4/c1-11-9-32(10-12(2)35-11)23(34)15-5-6-18(29-8-15)36-13(3)19-16(24(26,27)28)7-17-20(21(19)25)22(33)31-14(4)30-17/h5-8,11-13H,9-10H2,1-4H3,(H,30,31,33)/t11-,12+,13-/m0/s1. The molecule has 0 spiro atoms. The molecule has 0 radical (unpaired) electrons. The zero-order valence-electron chi connectivity index (χ0n) is 19.9.